The highest BCUT2D eigenvalue weighted by atomic mass is 16.7. The lowest BCUT2D eigenvalue weighted by molar-refractivity contribution is -0.148. The van der Waals surface area contributed by atoms with Gasteiger partial charge in [-0.05, 0) is 31.0 Å². The Balaban J connectivity index is 3.22. The molecule has 1 rings (SSSR count). The monoisotopic (exact) mass is 495 g/mol. The van der Waals surface area contributed by atoms with Crippen LogP contribution in [0.1, 0.15) is 59.9 Å². The van der Waals surface area contributed by atoms with Crippen molar-refractivity contribution in [3.63, 3.8) is 0 Å². The standard InChI is InChI=1S/C25H37NO9/c1-8-11-32-24(30)33-17(6)13-25(26,23(29)31-7)14-18-9-10-19(34-21(27)15(2)3)20(12-18)35-22(28)16(4)5/h9-10,12,15-17H,8,11,13-14,26H2,1-7H3/t17-,25?/m0/s1. The highest BCUT2D eigenvalue weighted by Gasteiger charge is 2.38. The first-order chi connectivity index (χ1) is 16.3. The van der Waals surface area contributed by atoms with Crippen molar-refractivity contribution in [3.8, 4) is 11.5 Å². The molecule has 196 valence electrons. The van der Waals surface area contributed by atoms with Crippen LogP contribution < -0.4 is 15.2 Å². The number of esters is 3. The quantitative estimate of drug-likeness (QED) is 0.338. The van der Waals surface area contributed by atoms with E-state index in [1.807, 2.05) is 6.92 Å². The van der Waals surface area contributed by atoms with E-state index in [0.29, 0.717) is 12.0 Å². The fraction of sp³-hybridized carbons (Fsp3) is 0.600. The predicted octanol–water partition coefficient (Wildman–Crippen LogP) is 3.56. The van der Waals surface area contributed by atoms with Crippen molar-refractivity contribution in [2.45, 2.75) is 72.4 Å². The van der Waals surface area contributed by atoms with Gasteiger partial charge in [0.2, 0.25) is 0 Å². The van der Waals surface area contributed by atoms with E-state index in [-0.39, 0.29) is 30.9 Å². The maximum Gasteiger partial charge on any atom is 0.508 e. The lowest BCUT2D eigenvalue weighted by Gasteiger charge is -2.29. The average Bonchev–Trinajstić information content (AvgIpc) is 2.78. The first-order valence-electron chi connectivity index (χ1n) is 11.6. The topological polar surface area (TPSA) is 140 Å². The van der Waals surface area contributed by atoms with Crippen molar-refractivity contribution in [2.24, 2.45) is 17.6 Å². The Bertz CT molecular complexity index is 897. The fourth-order valence-electron chi connectivity index (χ4n) is 3.01. The van der Waals surface area contributed by atoms with Gasteiger partial charge in [0.1, 0.15) is 11.6 Å². The second-order valence-electron chi connectivity index (χ2n) is 8.99. The minimum absolute atomic E-state index is 0.0230. The first kappa shape index (κ1) is 29.9. The van der Waals surface area contributed by atoms with Gasteiger partial charge in [-0.3, -0.25) is 14.4 Å². The molecule has 1 unspecified atom stereocenters. The molecule has 35 heavy (non-hydrogen) atoms. The van der Waals surface area contributed by atoms with Crippen molar-refractivity contribution in [1.29, 1.82) is 0 Å². The minimum Gasteiger partial charge on any atom is -0.468 e. The van der Waals surface area contributed by atoms with Gasteiger partial charge in [0, 0.05) is 12.8 Å². The van der Waals surface area contributed by atoms with Gasteiger partial charge >= 0.3 is 24.1 Å². The van der Waals surface area contributed by atoms with Gasteiger partial charge in [0.15, 0.2) is 11.5 Å². The fourth-order valence-corrected chi connectivity index (χ4v) is 3.01. The molecule has 1 aromatic rings. The van der Waals surface area contributed by atoms with E-state index in [4.69, 9.17) is 29.4 Å². The molecule has 10 heteroatoms. The average molecular weight is 496 g/mol. The molecular formula is C25H37NO9. The number of rotatable bonds is 12. The molecule has 0 aliphatic carbocycles. The summed E-state index contributed by atoms with van der Waals surface area (Å²) in [7, 11) is 1.20. The van der Waals surface area contributed by atoms with E-state index in [1.165, 1.54) is 19.2 Å². The molecule has 0 amide bonds. The maximum absolute atomic E-state index is 12.6. The molecule has 1 aromatic carbocycles. The summed E-state index contributed by atoms with van der Waals surface area (Å²) in [5, 5.41) is 0. The summed E-state index contributed by atoms with van der Waals surface area (Å²) >= 11 is 0. The number of ether oxygens (including phenoxy) is 5. The predicted molar refractivity (Wildman–Crippen MR) is 127 cm³/mol. The lowest BCUT2D eigenvalue weighted by atomic mass is 9.86. The number of carbonyl (C=O) groups excluding carboxylic acids is 4. The van der Waals surface area contributed by atoms with Crippen LogP contribution in [0.3, 0.4) is 0 Å². The van der Waals surface area contributed by atoms with E-state index in [2.05, 4.69) is 0 Å². The lowest BCUT2D eigenvalue weighted by Crippen LogP contribution is -2.53. The van der Waals surface area contributed by atoms with E-state index in [1.54, 1.807) is 40.7 Å². The molecule has 10 nitrogen and oxygen atoms in total. The van der Waals surface area contributed by atoms with Crippen molar-refractivity contribution < 1.29 is 42.9 Å². The molecule has 0 bridgehead atoms. The third kappa shape index (κ3) is 9.56. The third-order valence-corrected chi connectivity index (χ3v) is 4.86. The summed E-state index contributed by atoms with van der Waals surface area (Å²) in [6, 6.07) is 4.55. The Morgan fingerprint density at radius 1 is 0.943 bits per heavy atom. The molecule has 0 aliphatic heterocycles. The Hall–Kier alpha value is -3.14. The molecule has 0 saturated heterocycles. The van der Waals surface area contributed by atoms with Gasteiger partial charge in [0.05, 0.1) is 25.6 Å². The number of benzene rings is 1. The van der Waals surface area contributed by atoms with Gasteiger partial charge in [-0.15, -0.1) is 0 Å². The number of nitrogens with two attached hydrogens (primary N) is 1. The Labute approximate surface area is 206 Å². The van der Waals surface area contributed by atoms with Crippen LogP contribution in [-0.2, 0) is 35.0 Å². The van der Waals surface area contributed by atoms with Gasteiger partial charge in [0.25, 0.3) is 0 Å². The molecule has 0 fully saturated rings. The van der Waals surface area contributed by atoms with Crippen LogP contribution in [0.2, 0.25) is 0 Å². The summed E-state index contributed by atoms with van der Waals surface area (Å²) < 4.78 is 25.8. The number of hydrogen-bond donors (Lipinski definition) is 1. The molecule has 0 radical (unpaired) electrons. The van der Waals surface area contributed by atoms with Crippen molar-refractivity contribution in [2.75, 3.05) is 13.7 Å². The summed E-state index contributed by atoms with van der Waals surface area (Å²) in [6.45, 7) is 10.3. The number of methoxy groups -OCH3 is 1. The van der Waals surface area contributed by atoms with Crippen molar-refractivity contribution in [3.05, 3.63) is 23.8 Å². The Morgan fingerprint density at radius 3 is 2.03 bits per heavy atom. The van der Waals surface area contributed by atoms with Crippen molar-refractivity contribution in [1.82, 2.24) is 0 Å². The van der Waals surface area contributed by atoms with Gasteiger partial charge in [-0.25, -0.2) is 4.79 Å². The summed E-state index contributed by atoms with van der Waals surface area (Å²) in [5.41, 5.74) is 5.35. The number of hydrogen-bond acceptors (Lipinski definition) is 10. The molecule has 2 atom stereocenters. The van der Waals surface area contributed by atoms with E-state index in [0.717, 1.165) is 0 Å². The largest absolute Gasteiger partial charge is 0.508 e. The van der Waals surface area contributed by atoms with Gasteiger partial charge in [-0.2, -0.15) is 0 Å². The van der Waals surface area contributed by atoms with Crippen LogP contribution in [0.15, 0.2) is 18.2 Å². The zero-order valence-corrected chi connectivity index (χ0v) is 21.5. The van der Waals surface area contributed by atoms with Gasteiger partial charge in [-0.1, -0.05) is 40.7 Å². The van der Waals surface area contributed by atoms with E-state index < -0.39 is 47.5 Å². The molecular weight excluding hydrogens is 458 g/mol. The molecule has 0 aromatic heterocycles. The minimum atomic E-state index is -1.57. The summed E-state index contributed by atoms with van der Waals surface area (Å²) in [6.07, 6.45) is -1.08. The zero-order valence-electron chi connectivity index (χ0n) is 21.5. The highest BCUT2D eigenvalue weighted by Crippen LogP contribution is 2.32. The normalized spacial score (nSPS) is 13.5. The second-order valence-corrected chi connectivity index (χ2v) is 8.99. The van der Waals surface area contributed by atoms with Crippen LogP contribution in [0.5, 0.6) is 11.5 Å². The number of carbonyl (C=O) groups is 4. The SMILES string of the molecule is CCCOC(=O)O[C@@H](C)CC(N)(Cc1ccc(OC(=O)C(C)C)c(OC(=O)C(C)C)c1)C(=O)OC. The zero-order chi connectivity index (χ0) is 26.8. The Morgan fingerprint density at radius 2 is 1.51 bits per heavy atom. The highest BCUT2D eigenvalue weighted by molar-refractivity contribution is 5.81. The Kier molecular flexibility index (Phi) is 11.7. The summed E-state index contributed by atoms with van der Waals surface area (Å²) in [4.78, 5) is 48.7. The molecule has 0 saturated carbocycles. The molecule has 0 heterocycles. The molecule has 0 spiro atoms. The second kappa shape index (κ2) is 13.7. The van der Waals surface area contributed by atoms with Crippen LogP contribution in [0, 0.1) is 11.8 Å². The van der Waals surface area contributed by atoms with Crippen LogP contribution in [0.25, 0.3) is 0 Å². The van der Waals surface area contributed by atoms with E-state index >= 15 is 0 Å². The van der Waals surface area contributed by atoms with Crippen LogP contribution >= 0.6 is 0 Å². The van der Waals surface area contributed by atoms with Crippen LogP contribution in [-0.4, -0.2) is 49.4 Å². The molecule has 0 aliphatic rings. The van der Waals surface area contributed by atoms with Crippen LogP contribution in [0.4, 0.5) is 4.79 Å². The van der Waals surface area contributed by atoms with E-state index in [9.17, 15) is 19.2 Å². The van der Waals surface area contributed by atoms with Gasteiger partial charge < -0.3 is 29.4 Å². The summed E-state index contributed by atoms with van der Waals surface area (Å²) in [5.74, 6) is -2.48. The molecule has 2 N–H and O–H groups in total. The third-order valence-electron chi connectivity index (χ3n) is 4.86. The van der Waals surface area contributed by atoms with Crippen molar-refractivity contribution >= 4 is 24.1 Å². The smallest absolute Gasteiger partial charge is 0.468 e. The maximum atomic E-state index is 12.6. The first-order valence-corrected chi connectivity index (χ1v) is 11.6.